The van der Waals surface area contributed by atoms with Crippen LogP contribution >= 0.6 is 11.3 Å². The monoisotopic (exact) mass is 263 g/mol. The van der Waals surface area contributed by atoms with Gasteiger partial charge in [0.1, 0.15) is 5.82 Å². The molecule has 4 heteroatoms. The zero-order valence-corrected chi connectivity index (χ0v) is 12.3. The van der Waals surface area contributed by atoms with Crippen LogP contribution in [0.3, 0.4) is 0 Å². The van der Waals surface area contributed by atoms with Crippen LogP contribution in [0.15, 0.2) is 23.0 Å². The molecule has 0 radical (unpaired) electrons. The first-order valence-corrected chi connectivity index (χ1v) is 7.17. The fraction of sp³-hybridized carbons (Fsp3) is 0.500. The standard InChI is InChI=1S/C14H21N3S/c1-11-15-7-13(8-16-14(2,3)4)17(11)9-12-5-6-18-10-12/h5-7,10,16H,8-9H2,1-4H3. The van der Waals surface area contributed by atoms with E-state index in [0.29, 0.717) is 0 Å². The van der Waals surface area contributed by atoms with Crippen molar-refractivity contribution in [2.24, 2.45) is 0 Å². The van der Waals surface area contributed by atoms with Gasteiger partial charge in [0.15, 0.2) is 0 Å². The van der Waals surface area contributed by atoms with E-state index in [4.69, 9.17) is 0 Å². The lowest BCUT2D eigenvalue weighted by molar-refractivity contribution is 0.416. The van der Waals surface area contributed by atoms with E-state index < -0.39 is 0 Å². The largest absolute Gasteiger partial charge is 0.327 e. The molecule has 0 bridgehead atoms. The first-order chi connectivity index (χ1) is 8.46. The summed E-state index contributed by atoms with van der Waals surface area (Å²) < 4.78 is 2.28. The van der Waals surface area contributed by atoms with Gasteiger partial charge in [-0.25, -0.2) is 4.98 Å². The van der Waals surface area contributed by atoms with Crippen molar-refractivity contribution in [2.45, 2.75) is 46.3 Å². The molecule has 0 saturated carbocycles. The lowest BCUT2D eigenvalue weighted by atomic mass is 10.1. The van der Waals surface area contributed by atoms with E-state index in [1.807, 2.05) is 6.20 Å². The molecule has 2 rings (SSSR count). The highest BCUT2D eigenvalue weighted by atomic mass is 32.1. The van der Waals surface area contributed by atoms with Crippen LogP contribution in [-0.4, -0.2) is 15.1 Å². The van der Waals surface area contributed by atoms with Gasteiger partial charge < -0.3 is 9.88 Å². The first-order valence-electron chi connectivity index (χ1n) is 6.23. The number of hydrogen-bond acceptors (Lipinski definition) is 3. The number of thiophene rings is 1. The van der Waals surface area contributed by atoms with Crippen LogP contribution < -0.4 is 5.32 Å². The number of rotatable bonds is 4. The molecule has 0 aromatic carbocycles. The van der Waals surface area contributed by atoms with Crippen LogP contribution in [0, 0.1) is 6.92 Å². The van der Waals surface area contributed by atoms with Crippen LogP contribution in [0.25, 0.3) is 0 Å². The van der Waals surface area contributed by atoms with Crippen LogP contribution in [-0.2, 0) is 13.1 Å². The van der Waals surface area contributed by atoms with Crippen molar-refractivity contribution in [2.75, 3.05) is 0 Å². The predicted molar refractivity (Wildman–Crippen MR) is 77.0 cm³/mol. The van der Waals surface area contributed by atoms with Crippen molar-refractivity contribution in [3.8, 4) is 0 Å². The number of imidazole rings is 1. The summed E-state index contributed by atoms with van der Waals surface area (Å²) in [4.78, 5) is 4.42. The second-order valence-corrected chi connectivity index (χ2v) is 6.40. The summed E-state index contributed by atoms with van der Waals surface area (Å²) in [5.74, 6) is 1.08. The predicted octanol–water partition coefficient (Wildman–Crippen LogP) is 3.19. The minimum Gasteiger partial charge on any atom is -0.327 e. The average molecular weight is 263 g/mol. The molecule has 2 aromatic heterocycles. The number of hydrogen-bond donors (Lipinski definition) is 1. The summed E-state index contributed by atoms with van der Waals surface area (Å²) in [7, 11) is 0. The fourth-order valence-corrected chi connectivity index (χ4v) is 2.45. The molecule has 0 aliphatic carbocycles. The summed E-state index contributed by atoms with van der Waals surface area (Å²) in [6, 6.07) is 2.17. The first kappa shape index (κ1) is 13.3. The van der Waals surface area contributed by atoms with Crippen LogP contribution in [0.1, 0.15) is 37.9 Å². The zero-order chi connectivity index (χ0) is 13.2. The summed E-state index contributed by atoms with van der Waals surface area (Å²) >= 11 is 1.74. The maximum atomic E-state index is 4.42. The molecule has 98 valence electrons. The Hall–Kier alpha value is -1.13. The molecule has 18 heavy (non-hydrogen) atoms. The molecule has 1 N–H and O–H groups in total. The second kappa shape index (κ2) is 5.24. The van der Waals surface area contributed by atoms with E-state index >= 15 is 0 Å². The average Bonchev–Trinajstić information content (AvgIpc) is 2.88. The Bertz CT molecular complexity index is 492. The molecular weight excluding hydrogens is 242 g/mol. The molecule has 0 aliphatic rings. The number of nitrogens with zero attached hydrogens (tertiary/aromatic N) is 2. The molecule has 0 amide bonds. The van der Waals surface area contributed by atoms with E-state index in [9.17, 15) is 0 Å². The zero-order valence-electron chi connectivity index (χ0n) is 11.5. The number of aromatic nitrogens is 2. The van der Waals surface area contributed by atoms with Crippen molar-refractivity contribution in [3.63, 3.8) is 0 Å². The van der Waals surface area contributed by atoms with Gasteiger partial charge in [-0.2, -0.15) is 11.3 Å². The van der Waals surface area contributed by atoms with Gasteiger partial charge in [-0.15, -0.1) is 0 Å². The minimum atomic E-state index is 0.130. The molecule has 0 unspecified atom stereocenters. The highest BCUT2D eigenvalue weighted by Crippen LogP contribution is 2.13. The van der Waals surface area contributed by atoms with Crippen LogP contribution in [0.4, 0.5) is 0 Å². The lowest BCUT2D eigenvalue weighted by Gasteiger charge is -2.21. The molecule has 0 saturated heterocycles. The minimum absolute atomic E-state index is 0.130. The van der Waals surface area contributed by atoms with Crippen molar-refractivity contribution < 1.29 is 0 Å². The fourth-order valence-electron chi connectivity index (χ4n) is 1.79. The van der Waals surface area contributed by atoms with Crippen molar-refractivity contribution in [1.29, 1.82) is 0 Å². The summed E-state index contributed by atoms with van der Waals surface area (Å²) in [6.45, 7) is 10.4. The molecule has 0 spiro atoms. The highest BCUT2D eigenvalue weighted by molar-refractivity contribution is 7.07. The molecule has 0 fully saturated rings. The third kappa shape index (κ3) is 3.43. The Morgan fingerprint density at radius 1 is 1.39 bits per heavy atom. The van der Waals surface area contributed by atoms with Crippen LogP contribution in [0.5, 0.6) is 0 Å². The van der Waals surface area contributed by atoms with E-state index in [1.54, 1.807) is 11.3 Å². The summed E-state index contributed by atoms with van der Waals surface area (Å²) in [6.07, 6.45) is 1.97. The molecule has 2 heterocycles. The van der Waals surface area contributed by atoms with Gasteiger partial charge in [0.2, 0.25) is 0 Å². The van der Waals surface area contributed by atoms with Gasteiger partial charge in [-0.05, 0) is 50.1 Å². The van der Waals surface area contributed by atoms with E-state index in [2.05, 4.69) is 59.4 Å². The second-order valence-electron chi connectivity index (χ2n) is 5.62. The van der Waals surface area contributed by atoms with Gasteiger partial charge in [0.05, 0.1) is 5.69 Å². The Morgan fingerprint density at radius 3 is 2.78 bits per heavy atom. The van der Waals surface area contributed by atoms with E-state index in [-0.39, 0.29) is 5.54 Å². The van der Waals surface area contributed by atoms with Gasteiger partial charge in [0, 0.05) is 24.8 Å². The Balaban J connectivity index is 2.12. The smallest absolute Gasteiger partial charge is 0.106 e. The van der Waals surface area contributed by atoms with Crippen molar-refractivity contribution in [1.82, 2.24) is 14.9 Å². The highest BCUT2D eigenvalue weighted by Gasteiger charge is 2.12. The van der Waals surface area contributed by atoms with Crippen molar-refractivity contribution >= 4 is 11.3 Å². The maximum Gasteiger partial charge on any atom is 0.106 e. The van der Waals surface area contributed by atoms with Crippen molar-refractivity contribution in [3.05, 3.63) is 40.1 Å². The Labute approximate surface area is 113 Å². The number of nitrogens with one attached hydrogen (secondary N) is 1. The quantitative estimate of drug-likeness (QED) is 0.918. The summed E-state index contributed by atoms with van der Waals surface area (Å²) in [5, 5.41) is 7.83. The van der Waals surface area contributed by atoms with Gasteiger partial charge in [-0.3, -0.25) is 0 Å². The molecule has 2 aromatic rings. The third-order valence-corrected chi connectivity index (χ3v) is 3.59. The Morgan fingerprint density at radius 2 is 2.17 bits per heavy atom. The lowest BCUT2D eigenvalue weighted by Crippen LogP contribution is -2.35. The van der Waals surface area contributed by atoms with Gasteiger partial charge in [-0.1, -0.05) is 0 Å². The SMILES string of the molecule is Cc1ncc(CNC(C)(C)C)n1Cc1ccsc1. The maximum absolute atomic E-state index is 4.42. The number of aryl methyl sites for hydroxylation is 1. The van der Waals surface area contributed by atoms with Gasteiger partial charge >= 0.3 is 0 Å². The van der Waals surface area contributed by atoms with Crippen LogP contribution in [0.2, 0.25) is 0 Å². The molecule has 0 atom stereocenters. The van der Waals surface area contributed by atoms with E-state index in [1.165, 1.54) is 11.3 Å². The third-order valence-electron chi connectivity index (χ3n) is 2.86. The summed E-state index contributed by atoms with van der Waals surface area (Å²) in [5.41, 5.74) is 2.72. The molecule has 0 aliphatic heterocycles. The normalized spacial score (nSPS) is 12.0. The topological polar surface area (TPSA) is 29.9 Å². The Kier molecular flexibility index (Phi) is 3.88. The van der Waals surface area contributed by atoms with Gasteiger partial charge in [0.25, 0.3) is 0 Å². The van der Waals surface area contributed by atoms with E-state index in [0.717, 1.165) is 18.9 Å². The molecular formula is C14H21N3S. The molecule has 3 nitrogen and oxygen atoms in total.